The lowest BCUT2D eigenvalue weighted by atomic mass is 10.1. The van der Waals surface area contributed by atoms with E-state index in [0.29, 0.717) is 30.9 Å². The highest BCUT2D eigenvalue weighted by molar-refractivity contribution is 7.87. The number of nitrogens with zero attached hydrogens (tertiary/aromatic N) is 2. The van der Waals surface area contributed by atoms with Crippen molar-refractivity contribution in [3.05, 3.63) is 72.1 Å². The van der Waals surface area contributed by atoms with Gasteiger partial charge in [-0.15, -0.1) is 0 Å². The van der Waals surface area contributed by atoms with Gasteiger partial charge in [-0.1, -0.05) is 60.7 Å². The second-order valence-corrected chi connectivity index (χ2v) is 8.48. The monoisotopic (exact) mass is 458 g/mol. The second kappa shape index (κ2) is 11.4. The highest BCUT2D eigenvalue weighted by Crippen LogP contribution is 2.20. The van der Waals surface area contributed by atoms with Crippen molar-refractivity contribution < 1.29 is 17.9 Å². The van der Waals surface area contributed by atoms with Crippen LogP contribution in [-0.4, -0.2) is 36.2 Å². The summed E-state index contributed by atoms with van der Waals surface area (Å²) in [5, 5.41) is 14.9. The molecule has 0 saturated heterocycles. The average Bonchev–Trinajstić information content (AvgIpc) is 3.27. The van der Waals surface area contributed by atoms with E-state index < -0.39 is 22.3 Å². The molecule has 10 nitrogen and oxygen atoms in total. The molecule has 170 valence electrons. The van der Waals surface area contributed by atoms with Gasteiger partial charge in [-0.3, -0.25) is 5.10 Å². The van der Waals surface area contributed by atoms with Gasteiger partial charge in [0.1, 0.15) is 12.4 Å². The number of unbranched alkanes of at least 4 members (excludes halogenated alkanes) is 1. The third kappa shape index (κ3) is 7.76. The van der Waals surface area contributed by atoms with E-state index in [4.69, 9.17) is 9.88 Å². The fourth-order valence-electron chi connectivity index (χ4n) is 3.02. The number of rotatable bonds is 11. The van der Waals surface area contributed by atoms with Crippen LogP contribution in [0.15, 0.2) is 60.7 Å². The number of amides is 1. The molecule has 32 heavy (non-hydrogen) atoms. The molecule has 0 bridgehead atoms. The summed E-state index contributed by atoms with van der Waals surface area (Å²) in [6.07, 6.45) is 1.05. The molecule has 2 aromatic carbocycles. The molecule has 0 aliphatic carbocycles. The topological polar surface area (TPSA) is 152 Å². The number of nitrogens with one attached hydrogen (secondary N) is 3. The molecule has 0 aliphatic rings. The molecule has 0 saturated carbocycles. The van der Waals surface area contributed by atoms with Crippen LogP contribution in [0.3, 0.4) is 0 Å². The molecule has 1 atom stereocenters. The predicted molar refractivity (Wildman–Crippen MR) is 119 cm³/mol. The summed E-state index contributed by atoms with van der Waals surface area (Å²) in [6, 6.07) is 18.3. The minimum atomic E-state index is -3.73. The quantitative estimate of drug-likeness (QED) is 0.324. The summed E-state index contributed by atoms with van der Waals surface area (Å²) in [7, 11) is -3.73. The Bertz CT molecular complexity index is 1090. The summed E-state index contributed by atoms with van der Waals surface area (Å²) in [5.74, 6) is 1.00. The third-order valence-electron chi connectivity index (χ3n) is 4.59. The van der Waals surface area contributed by atoms with Gasteiger partial charge in [-0.2, -0.15) is 13.5 Å². The predicted octanol–water partition coefficient (Wildman–Crippen LogP) is 2.40. The van der Waals surface area contributed by atoms with Crippen molar-refractivity contribution in [2.24, 2.45) is 5.14 Å². The molecule has 1 aromatic heterocycles. The van der Waals surface area contributed by atoms with E-state index in [1.54, 1.807) is 0 Å². The number of nitrogens with two attached hydrogens (primary N) is 1. The van der Waals surface area contributed by atoms with E-state index >= 15 is 0 Å². The zero-order chi connectivity index (χ0) is 22.8. The number of hydrogen-bond acceptors (Lipinski definition) is 6. The molecule has 0 radical (unpaired) electrons. The number of H-pyrrole nitrogens is 1. The number of carbonyl (C=O) groups excluding carboxylic acids is 1. The van der Waals surface area contributed by atoms with E-state index in [9.17, 15) is 13.2 Å². The van der Waals surface area contributed by atoms with Gasteiger partial charge in [-0.05, 0) is 24.8 Å². The number of aromatic amines is 1. The lowest BCUT2D eigenvalue weighted by Gasteiger charge is -2.16. The Morgan fingerprint density at radius 1 is 1.06 bits per heavy atom. The van der Waals surface area contributed by atoms with Crippen LogP contribution in [-0.2, 0) is 21.6 Å². The Labute approximate surface area is 186 Å². The van der Waals surface area contributed by atoms with Crippen molar-refractivity contribution >= 4 is 16.3 Å². The van der Waals surface area contributed by atoms with Crippen molar-refractivity contribution in [2.45, 2.75) is 31.9 Å². The molecule has 1 amide bonds. The van der Waals surface area contributed by atoms with Crippen LogP contribution in [0.4, 0.5) is 4.79 Å². The highest BCUT2D eigenvalue weighted by atomic mass is 32.2. The smallest absolute Gasteiger partial charge is 0.408 e. The molecule has 0 spiro atoms. The number of aromatic nitrogens is 3. The SMILES string of the molecule is NS(=O)(=O)NCCCCC(NC(=O)OCc1ccccc1)c1nc(-c2ccccc2)n[nH]1. The number of alkyl carbamates (subject to hydrolysis) is 1. The maximum absolute atomic E-state index is 12.4. The molecule has 11 heteroatoms. The zero-order valence-corrected chi connectivity index (χ0v) is 18.2. The van der Waals surface area contributed by atoms with Crippen LogP contribution in [0.25, 0.3) is 11.4 Å². The average molecular weight is 459 g/mol. The number of ether oxygens (including phenoxy) is 1. The zero-order valence-electron chi connectivity index (χ0n) is 17.4. The van der Waals surface area contributed by atoms with E-state index in [0.717, 1.165) is 11.1 Å². The Morgan fingerprint density at radius 3 is 2.44 bits per heavy atom. The Morgan fingerprint density at radius 2 is 1.75 bits per heavy atom. The van der Waals surface area contributed by atoms with Crippen LogP contribution < -0.4 is 15.2 Å². The largest absolute Gasteiger partial charge is 0.445 e. The van der Waals surface area contributed by atoms with Crippen LogP contribution in [0.1, 0.15) is 36.7 Å². The lowest BCUT2D eigenvalue weighted by molar-refractivity contribution is 0.134. The fourth-order valence-corrected chi connectivity index (χ4v) is 3.45. The van der Waals surface area contributed by atoms with Crippen LogP contribution in [0.2, 0.25) is 0 Å². The first-order valence-corrected chi connectivity index (χ1v) is 11.7. The fraction of sp³-hybridized carbons (Fsp3) is 0.286. The first-order valence-electron chi connectivity index (χ1n) is 10.1. The molecular weight excluding hydrogens is 432 g/mol. The summed E-state index contributed by atoms with van der Waals surface area (Å²) < 4.78 is 29.5. The van der Waals surface area contributed by atoms with Gasteiger partial charge in [0.15, 0.2) is 5.82 Å². The van der Waals surface area contributed by atoms with Gasteiger partial charge < -0.3 is 10.1 Å². The first-order chi connectivity index (χ1) is 15.4. The molecule has 0 fully saturated rings. The molecule has 1 unspecified atom stereocenters. The van der Waals surface area contributed by atoms with E-state index in [-0.39, 0.29) is 13.2 Å². The van der Waals surface area contributed by atoms with Crippen molar-refractivity contribution in [2.75, 3.05) is 6.54 Å². The maximum atomic E-state index is 12.4. The highest BCUT2D eigenvalue weighted by Gasteiger charge is 2.20. The second-order valence-electron chi connectivity index (χ2n) is 7.10. The summed E-state index contributed by atoms with van der Waals surface area (Å²) in [4.78, 5) is 16.9. The lowest BCUT2D eigenvalue weighted by Crippen LogP contribution is -2.32. The molecule has 0 aliphatic heterocycles. The van der Waals surface area contributed by atoms with Gasteiger partial charge in [-0.25, -0.2) is 19.6 Å². The van der Waals surface area contributed by atoms with Gasteiger partial charge >= 0.3 is 6.09 Å². The van der Waals surface area contributed by atoms with E-state index in [1.807, 2.05) is 60.7 Å². The normalized spacial score (nSPS) is 12.3. The first kappa shape index (κ1) is 23.4. The summed E-state index contributed by atoms with van der Waals surface area (Å²) >= 11 is 0. The molecule has 1 heterocycles. The van der Waals surface area contributed by atoms with Crippen LogP contribution in [0.5, 0.6) is 0 Å². The van der Waals surface area contributed by atoms with Crippen molar-refractivity contribution in [3.63, 3.8) is 0 Å². The van der Waals surface area contributed by atoms with Gasteiger partial charge in [0.2, 0.25) is 0 Å². The standard InChI is InChI=1S/C21H26N6O4S/c22-32(29,30)23-14-8-7-13-18(24-21(28)31-15-16-9-3-1-4-10-16)20-25-19(26-27-20)17-11-5-2-6-12-17/h1-6,9-12,18,23H,7-8,13-15H2,(H,24,28)(H2,22,29,30)(H,25,26,27). The number of benzene rings is 2. The van der Waals surface area contributed by atoms with E-state index in [1.165, 1.54) is 0 Å². The molecule has 5 N–H and O–H groups in total. The molecule has 3 aromatic rings. The Hall–Kier alpha value is -3.28. The summed E-state index contributed by atoms with van der Waals surface area (Å²) in [5.41, 5.74) is 1.72. The van der Waals surface area contributed by atoms with Gasteiger partial charge in [0, 0.05) is 12.1 Å². The van der Waals surface area contributed by atoms with Crippen molar-refractivity contribution in [1.29, 1.82) is 0 Å². The molecular formula is C21H26N6O4S. The Balaban J connectivity index is 1.62. The Kier molecular flexibility index (Phi) is 8.31. The van der Waals surface area contributed by atoms with Gasteiger partial charge in [0.25, 0.3) is 10.2 Å². The van der Waals surface area contributed by atoms with Crippen molar-refractivity contribution in [3.8, 4) is 11.4 Å². The minimum Gasteiger partial charge on any atom is -0.445 e. The molecule has 3 rings (SSSR count). The number of hydrogen-bond donors (Lipinski definition) is 4. The minimum absolute atomic E-state index is 0.142. The van der Waals surface area contributed by atoms with E-state index in [2.05, 4.69) is 25.2 Å². The van der Waals surface area contributed by atoms with Gasteiger partial charge in [0.05, 0.1) is 6.04 Å². The third-order valence-corrected chi connectivity index (χ3v) is 5.20. The summed E-state index contributed by atoms with van der Waals surface area (Å²) in [6.45, 7) is 0.346. The maximum Gasteiger partial charge on any atom is 0.408 e. The number of carbonyl (C=O) groups is 1. The van der Waals surface area contributed by atoms with Crippen molar-refractivity contribution in [1.82, 2.24) is 25.2 Å². The van der Waals surface area contributed by atoms with Crippen LogP contribution >= 0.6 is 0 Å². The van der Waals surface area contributed by atoms with Crippen LogP contribution in [0, 0.1) is 0 Å².